The molecule has 0 aliphatic rings. The van der Waals surface area contributed by atoms with Gasteiger partial charge in [-0.15, -0.1) is 5.10 Å². The Morgan fingerprint density at radius 2 is 1.96 bits per heavy atom. The molecule has 0 bridgehead atoms. The highest BCUT2D eigenvalue weighted by Crippen LogP contribution is 2.32. The lowest BCUT2D eigenvalue weighted by Gasteiger charge is -2.07. The van der Waals surface area contributed by atoms with Gasteiger partial charge in [0.2, 0.25) is 5.89 Å². The van der Waals surface area contributed by atoms with Crippen LogP contribution in [0.15, 0.2) is 28.7 Å². The number of nitrogens with one attached hydrogen (secondary N) is 1. The van der Waals surface area contributed by atoms with Crippen LogP contribution in [0.1, 0.15) is 23.1 Å². The molecule has 0 atom stereocenters. The van der Waals surface area contributed by atoms with E-state index in [9.17, 15) is 4.79 Å². The molecule has 2 aromatic heterocycles. The third-order valence-corrected chi connectivity index (χ3v) is 3.71. The van der Waals surface area contributed by atoms with E-state index in [0.29, 0.717) is 29.3 Å². The molecule has 136 valence electrons. The number of hydrogen-bond donors (Lipinski definition) is 1. The van der Waals surface area contributed by atoms with Gasteiger partial charge in [-0.1, -0.05) is 5.10 Å². The van der Waals surface area contributed by atoms with E-state index in [1.165, 1.54) is 0 Å². The third-order valence-electron chi connectivity index (χ3n) is 3.71. The summed E-state index contributed by atoms with van der Waals surface area (Å²) in [6.45, 7) is 4.31. The van der Waals surface area contributed by atoms with Crippen LogP contribution < -0.4 is 14.8 Å². The second kappa shape index (κ2) is 7.26. The Morgan fingerprint density at radius 3 is 2.65 bits per heavy atom. The first-order chi connectivity index (χ1) is 12.5. The molecule has 26 heavy (non-hydrogen) atoms. The van der Waals surface area contributed by atoms with Crippen LogP contribution in [0.4, 0.5) is 6.01 Å². The Kier molecular flexibility index (Phi) is 4.87. The van der Waals surface area contributed by atoms with Crippen LogP contribution in [-0.2, 0) is 6.54 Å². The van der Waals surface area contributed by atoms with Crippen molar-refractivity contribution in [2.24, 2.45) is 0 Å². The van der Waals surface area contributed by atoms with E-state index in [0.717, 1.165) is 5.69 Å². The third kappa shape index (κ3) is 3.37. The monoisotopic (exact) mass is 357 g/mol. The summed E-state index contributed by atoms with van der Waals surface area (Å²) in [5, 5.41) is 14.7. The van der Waals surface area contributed by atoms with Gasteiger partial charge in [-0.25, -0.2) is 0 Å². The van der Waals surface area contributed by atoms with Gasteiger partial charge >= 0.3 is 6.01 Å². The van der Waals surface area contributed by atoms with Gasteiger partial charge in [0.15, 0.2) is 11.5 Å². The van der Waals surface area contributed by atoms with Gasteiger partial charge in [0.05, 0.1) is 19.9 Å². The quantitative estimate of drug-likeness (QED) is 0.723. The van der Waals surface area contributed by atoms with Crippen molar-refractivity contribution in [2.45, 2.75) is 20.4 Å². The topological polar surface area (TPSA) is 104 Å². The number of nitrogens with zero attached hydrogens (tertiary/aromatic N) is 4. The summed E-state index contributed by atoms with van der Waals surface area (Å²) in [4.78, 5) is 12.4. The SMILES string of the molecule is CCn1nc(C)cc1C(=O)Nc1nnc(-c2ccc(OC)c(OC)c2)o1. The molecule has 0 aliphatic heterocycles. The number of ether oxygens (including phenoxy) is 2. The average molecular weight is 357 g/mol. The molecule has 1 aromatic carbocycles. The van der Waals surface area contributed by atoms with Gasteiger partial charge in [-0.05, 0) is 38.1 Å². The number of methoxy groups -OCH3 is 2. The van der Waals surface area contributed by atoms with E-state index in [1.54, 1.807) is 43.2 Å². The minimum atomic E-state index is -0.366. The number of carbonyl (C=O) groups excluding carboxylic acids is 1. The van der Waals surface area contributed by atoms with Crippen LogP contribution in [0.3, 0.4) is 0 Å². The van der Waals surface area contributed by atoms with E-state index in [4.69, 9.17) is 13.9 Å². The zero-order valence-corrected chi connectivity index (χ0v) is 14.9. The van der Waals surface area contributed by atoms with Crippen molar-refractivity contribution in [3.8, 4) is 23.0 Å². The molecule has 0 saturated heterocycles. The summed E-state index contributed by atoms with van der Waals surface area (Å²) in [5.74, 6) is 1.01. The fourth-order valence-corrected chi connectivity index (χ4v) is 2.49. The van der Waals surface area contributed by atoms with Crippen molar-refractivity contribution in [1.29, 1.82) is 0 Å². The Morgan fingerprint density at radius 1 is 1.19 bits per heavy atom. The van der Waals surface area contributed by atoms with E-state index in [2.05, 4.69) is 20.6 Å². The predicted molar refractivity (Wildman–Crippen MR) is 93.4 cm³/mol. The molecule has 9 heteroatoms. The highest BCUT2D eigenvalue weighted by molar-refractivity contribution is 6.01. The molecule has 9 nitrogen and oxygen atoms in total. The van der Waals surface area contributed by atoms with E-state index in [-0.39, 0.29) is 17.8 Å². The number of rotatable bonds is 6. The van der Waals surface area contributed by atoms with Crippen molar-refractivity contribution < 1.29 is 18.7 Å². The smallest absolute Gasteiger partial charge is 0.322 e. The van der Waals surface area contributed by atoms with Crippen LogP contribution >= 0.6 is 0 Å². The fraction of sp³-hybridized carbons (Fsp3) is 0.294. The van der Waals surface area contributed by atoms with Crippen molar-refractivity contribution in [3.63, 3.8) is 0 Å². The summed E-state index contributed by atoms with van der Waals surface area (Å²) in [7, 11) is 3.10. The Balaban J connectivity index is 1.81. The molecular formula is C17H19N5O4. The van der Waals surface area contributed by atoms with Gasteiger partial charge in [0.25, 0.3) is 5.91 Å². The van der Waals surface area contributed by atoms with Gasteiger partial charge < -0.3 is 13.9 Å². The largest absolute Gasteiger partial charge is 0.493 e. The number of carbonyl (C=O) groups is 1. The van der Waals surface area contributed by atoms with Gasteiger partial charge in [-0.2, -0.15) is 5.10 Å². The number of aryl methyl sites for hydroxylation is 2. The number of hydrogen-bond acceptors (Lipinski definition) is 7. The molecule has 1 amide bonds. The first kappa shape index (κ1) is 17.5. The maximum atomic E-state index is 12.4. The van der Waals surface area contributed by atoms with Crippen LogP contribution in [-0.4, -0.2) is 40.1 Å². The summed E-state index contributed by atoms with van der Waals surface area (Å²) in [5.41, 5.74) is 1.83. The molecule has 0 radical (unpaired) electrons. The van der Waals surface area contributed by atoms with Crippen LogP contribution in [0.2, 0.25) is 0 Å². The maximum Gasteiger partial charge on any atom is 0.322 e. The van der Waals surface area contributed by atoms with Crippen LogP contribution in [0, 0.1) is 6.92 Å². The number of benzene rings is 1. The number of amides is 1. The number of aromatic nitrogens is 4. The molecule has 1 N–H and O–H groups in total. The lowest BCUT2D eigenvalue weighted by Crippen LogP contribution is -2.17. The molecule has 3 rings (SSSR count). The van der Waals surface area contributed by atoms with Gasteiger partial charge in [0.1, 0.15) is 5.69 Å². The molecule has 0 unspecified atom stereocenters. The Labute approximate surface area is 149 Å². The molecule has 0 aliphatic carbocycles. The summed E-state index contributed by atoms with van der Waals surface area (Å²) < 4.78 is 17.6. The van der Waals surface area contributed by atoms with E-state index < -0.39 is 0 Å². The van der Waals surface area contributed by atoms with Crippen LogP contribution in [0.5, 0.6) is 11.5 Å². The molecule has 0 fully saturated rings. The first-order valence-corrected chi connectivity index (χ1v) is 7.97. The van der Waals surface area contributed by atoms with Crippen molar-refractivity contribution in [2.75, 3.05) is 19.5 Å². The Hall–Kier alpha value is -3.36. The van der Waals surface area contributed by atoms with Gasteiger partial charge in [0, 0.05) is 12.1 Å². The lowest BCUT2D eigenvalue weighted by molar-refractivity contribution is 0.101. The van der Waals surface area contributed by atoms with Crippen LogP contribution in [0.25, 0.3) is 11.5 Å². The number of anilines is 1. The predicted octanol–water partition coefficient (Wildman–Crippen LogP) is 2.53. The van der Waals surface area contributed by atoms with Crippen molar-refractivity contribution in [3.05, 3.63) is 35.7 Å². The Bertz CT molecular complexity index is 931. The van der Waals surface area contributed by atoms with E-state index in [1.807, 2.05) is 13.8 Å². The normalized spacial score (nSPS) is 10.6. The molecule has 2 heterocycles. The average Bonchev–Trinajstić information content (AvgIpc) is 3.27. The lowest BCUT2D eigenvalue weighted by atomic mass is 10.2. The standard InChI is InChI=1S/C17H19N5O4/c1-5-22-12(8-10(2)21-22)15(23)18-17-20-19-16(26-17)11-6-7-13(24-3)14(9-11)25-4/h6-9H,5H2,1-4H3,(H,18,20,23). The molecule has 0 saturated carbocycles. The second-order valence-corrected chi connectivity index (χ2v) is 5.42. The maximum absolute atomic E-state index is 12.4. The summed E-state index contributed by atoms with van der Waals surface area (Å²) >= 11 is 0. The first-order valence-electron chi connectivity index (χ1n) is 7.97. The second-order valence-electron chi connectivity index (χ2n) is 5.42. The minimum absolute atomic E-state index is 0.00120. The zero-order valence-electron chi connectivity index (χ0n) is 14.9. The molecular weight excluding hydrogens is 338 g/mol. The molecule has 3 aromatic rings. The fourth-order valence-electron chi connectivity index (χ4n) is 2.49. The van der Waals surface area contributed by atoms with Gasteiger partial charge in [-0.3, -0.25) is 14.8 Å². The van der Waals surface area contributed by atoms with Crippen molar-refractivity contribution >= 4 is 11.9 Å². The minimum Gasteiger partial charge on any atom is -0.493 e. The molecule has 0 spiro atoms. The zero-order chi connectivity index (χ0) is 18.7. The highest BCUT2D eigenvalue weighted by atomic mass is 16.5. The van der Waals surface area contributed by atoms with Crippen molar-refractivity contribution in [1.82, 2.24) is 20.0 Å². The summed E-state index contributed by atoms with van der Waals surface area (Å²) in [6, 6.07) is 6.91. The highest BCUT2D eigenvalue weighted by Gasteiger charge is 2.17. The van der Waals surface area contributed by atoms with E-state index >= 15 is 0 Å². The summed E-state index contributed by atoms with van der Waals surface area (Å²) in [6.07, 6.45) is 0.